The second kappa shape index (κ2) is 5.87. The number of benzene rings is 1. The van der Waals surface area contributed by atoms with Gasteiger partial charge in [0.15, 0.2) is 0 Å². The van der Waals surface area contributed by atoms with Gasteiger partial charge in [0.05, 0.1) is 23.7 Å². The smallest absolute Gasteiger partial charge is 0.226 e. The zero-order chi connectivity index (χ0) is 15.9. The zero-order valence-corrected chi connectivity index (χ0v) is 13.1. The van der Waals surface area contributed by atoms with Crippen molar-refractivity contribution < 1.29 is 18.7 Å². The van der Waals surface area contributed by atoms with Crippen molar-refractivity contribution in [2.45, 2.75) is 49.9 Å². The topological polar surface area (TPSA) is 47.6 Å². The zero-order valence-electron chi connectivity index (χ0n) is 13.1. The molecule has 1 N–H and O–H groups in total. The first-order chi connectivity index (χ1) is 11.2. The molecule has 5 heteroatoms. The van der Waals surface area contributed by atoms with Crippen molar-refractivity contribution in [2.24, 2.45) is 5.92 Å². The summed E-state index contributed by atoms with van der Waals surface area (Å²) in [4.78, 5) is 12.8. The van der Waals surface area contributed by atoms with E-state index in [4.69, 9.17) is 9.47 Å². The number of carbonyl (C=O) groups is 1. The van der Waals surface area contributed by atoms with Crippen molar-refractivity contribution in [2.75, 3.05) is 13.2 Å². The molecule has 3 saturated heterocycles. The van der Waals surface area contributed by atoms with E-state index in [1.807, 2.05) is 6.07 Å². The van der Waals surface area contributed by atoms with Crippen LogP contribution in [0.3, 0.4) is 0 Å². The lowest BCUT2D eigenvalue weighted by Crippen LogP contribution is -2.52. The summed E-state index contributed by atoms with van der Waals surface area (Å²) in [6.07, 6.45) is 4.50. The van der Waals surface area contributed by atoms with Gasteiger partial charge in [0, 0.05) is 13.2 Å². The molecule has 3 fully saturated rings. The SMILES string of the molecule is O=C(NC1(c2cccc(F)c2)CCOCC1)C1CC2CCC1O2. The lowest BCUT2D eigenvalue weighted by Gasteiger charge is -2.39. The van der Waals surface area contributed by atoms with Gasteiger partial charge < -0.3 is 14.8 Å². The molecule has 1 amide bonds. The summed E-state index contributed by atoms with van der Waals surface area (Å²) in [7, 11) is 0. The van der Waals surface area contributed by atoms with Gasteiger partial charge in [-0.1, -0.05) is 12.1 Å². The first-order valence-electron chi connectivity index (χ1n) is 8.48. The highest BCUT2D eigenvalue weighted by Crippen LogP contribution is 2.40. The van der Waals surface area contributed by atoms with Crippen LogP contribution in [0.25, 0.3) is 0 Å². The van der Waals surface area contributed by atoms with Crippen LogP contribution in [0.1, 0.15) is 37.7 Å². The lowest BCUT2D eigenvalue weighted by atomic mass is 9.81. The maximum atomic E-state index is 13.7. The Kier molecular flexibility index (Phi) is 3.85. The van der Waals surface area contributed by atoms with E-state index in [1.165, 1.54) is 12.1 Å². The number of ether oxygens (including phenoxy) is 2. The van der Waals surface area contributed by atoms with E-state index < -0.39 is 5.54 Å². The summed E-state index contributed by atoms with van der Waals surface area (Å²) >= 11 is 0. The van der Waals surface area contributed by atoms with Gasteiger partial charge in [-0.05, 0) is 49.8 Å². The molecule has 4 nitrogen and oxygen atoms in total. The number of hydrogen-bond acceptors (Lipinski definition) is 3. The highest BCUT2D eigenvalue weighted by molar-refractivity contribution is 5.81. The van der Waals surface area contributed by atoms with Crippen LogP contribution in [0.5, 0.6) is 0 Å². The molecule has 0 radical (unpaired) electrons. The van der Waals surface area contributed by atoms with Crippen molar-refractivity contribution >= 4 is 5.91 Å². The fourth-order valence-corrected chi connectivity index (χ4v) is 4.23. The molecule has 0 aromatic heterocycles. The minimum atomic E-state index is -0.529. The van der Waals surface area contributed by atoms with Gasteiger partial charge in [-0.25, -0.2) is 4.39 Å². The minimum absolute atomic E-state index is 0.0448. The number of carbonyl (C=O) groups excluding carboxylic acids is 1. The molecule has 1 aromatic rings. The summed E-state index contributed by atoms with van der Waals surface area (Å²) in [5.41, 5.74) is 0.303. The molecule has 2 bridgehead atoms. The van der Waals surface area contributed by atoms with Gasteiger partial charge in [-0.2, -0.15) is 0 Å². The Morgan fingerprint density at radius 2 is 2.09 bits per heavy atom. The van der Waals surface area contributed by atoms with Crippen LogP contribution in [0.4, 0.5) is 4.39 Å². The van der Waals surface area contributed by atoms with E-state index in [-0.39, 0.29) is 29.9 Å². The van der Waals surface area contributed by atoms with Crippen LogP contribution in [-0.2, 0) is 19.8 Å². The number of halogens is 1. The minimum Gasteiger partial charge on any atom is -0.381 e. The largest absolute Gasteiger partial charge is 0.381 e. The van der Waals surface area contributed by atoms with Crippen molar-refractivity contribution in [3.05, 3.63) is 35.6 Å². The Morgan fingerprint density at radius 1 is 1.26 bits per heavy atom. The van der Waals surface area contributed by atoms with E-state index in [9.17, 15) is 9.18 Å². The second-order valence-electron chi connectivity index (χ2n) is 6.91. The third-order valence-electron chi connectivity index (χ3n) is 5.53. The fourth-order valence-electron chi connectivity index (χ4n) is 4.23. The molecule has 0 aliphatic carbocycles. The van der Waals surface area contributed by atoms with Crippen molar-refractivity contribution in [3.63, 3.8) is 0 Å². The molecule has 0 saturated carbocycles. The highest BCUT2D eigenvalue weighted by atomic mass is 19.1. The Morgan fingerprint density at radius 3 is 2.74 bits per heavy atom. The second-order valence-corrected chi connectivity index (χ2v) is 6.91. The molecule has 124 valence electrons. The van der Waals surface area contributed by atoms with Crippen LogP contribution >= 0.6 is 0 Å². The maximum Gasteiger partial charge on any atom is 0.226 e. The van der Waals surface area contributed by atoms with E-state index in [0.717, 1.165) is 24.8 Å². The van der Waals surface area contributed by atoms with Gasteiger partial charge in [-0.3, -0.25) is 4.79 Å². The molecule has 4 rings (SSSR count). The first-order valence-corrected chi connectivity index (χ1v) is 8.48. The van der Waals surface area contributed by atoms with Crippen LogP contribution < -0.4 is 5.32 Å². The lowest BCUT2D eigenvalue weighted by molar-refractivity contribution is -0.130. The standard InChI is InChI=1S/C18H22FNO3/c19-13-3-1-2-12(10-13)18(6-8-22-9-7-18)20-17(21)15-11-14-4-5-16(15)23-14/h1-3,10,14-16H,4-9,11H2,(H,20,21). The summed E-state index contributed by atoms with van der Waals surface area (Å²) in [5.74, 6) is -0.295. The van der Waals surface area contributed by atoms with Gasteiger partial charge in [0.1, 0.15) is 5.82 Å². The molecule has 3 heterocycles. The number of hydrogen-bond donors (Lipinski definition) is 1. The molecular weight excluding hydrogens is 297 g/mol. The van der Waals surface area contributed by atoms with Crippen molar-refractivity contribution in [1.29, 1.82) is 0 Å². The Balaban J connectivity index is 1.57. The summed E-state index contributed by atoms with van der Waals surface area (Å²) < 4.78 is 25.0. The van der Waals surface area contributed by atoms with Crippen LogP contribution in [0.2, 0.25) is 0 Å². The van der Waals surface area contributed by atoms with Gasteiger partial charge >= 0.3 is 0 Å². The molecule has 3 unspecified atom stereocenters. The van der Waals surface area contributed by atoms with E-state index in [2.05, 4.69) is 5.32 Å². The van der Waals surface area contributed by atoms with Crippen LogP contribution in [0, 0.1) is 11.7 Å². The molecule has 3 aliphatic rings. The number of rotatable bonds is 3. The van der Waals surface area contributed by atoms with E-state index in [0.29, 0.717) is 26.1 Å². The monoisotopic (exact) mass is 319 g/mol. The average molecular weight is 319 g/mol. The van der Waals surface area contributed by atoms with E-state index in [1.54, 1.807) is 6.07 Å². The Bertz CT molecular complexity index is 600. The molecule has 3 aliphatic heterocycles. The van der Waals surface area contributed by atoms with Crippen molar-refractivity contribution in [3.8, 4) is 0 Å². The molecule has 0 spiro atoms. The third kappa shape index (κ3) is 2.76. The van der Waals surface area contributed by atoms with Gasteiger partial charge in [-0.15, -0.1) is 0 Å². The van der Waals surface area contributed by atoms with Gasteiger partial charge in [0.2, 0.25) is 5.91 Å². The summed E-state index contributed by atoms with van der Waals surface area (Å²) in [6, 6.07) is 6.56. The maximum absolute atomic E-state index is 13.7. The number of fused-ring (bicyclic) bond motifs is 2. The number of nitrogens with one attached hydrogen (secondary N) is 1. The molecule has 1 aromatic carbocycles. The van der Waals surface area contributed by atoms with E-state index >= 15 is 0 Å². The van der Waals surface area contributed by atoms with Crippen LogP contribution in [0.15, 0.2) is 24.3 Å². The fraction of sp³-hybridized carbons (Fsp3) is 0.611. The predicted molar refractivity (Wildman–Crippen MR) is 82.3 cm³/mol. The Labute approximate surface area is 135 Å². The van der Waals surface area contributed by atoms with Gasteiger partial charge in [0.25, 0.3) is 0 Å². The predicted octanol–water partition coefficient (Wildman–Crippen LogP) is 2.52. The third-order valence-corrected chi connectivity index (χ3v) is 5.53. The molecule has 23 heavy (non-hydrogen) atoms. The Hall–Kier alpha value is -1.46. The average Bonchev–Trinajstić information content (AvgIpc) is 3.19. The number of amides is 1. The molecular formula is C18H22FNO3. The first kappa shape index (κ1) is 15.1. The highest BCUT2D eigenvalue weighted by Gasteiger charge is 2.46. The molecule has 3 atom stereocenters. The van der Waals surface area contributed by atoms with Crippen molar-refractivity contribution in [1.82, 2.24) is 5.32 Å². The quantitative estimate of drug-likeness (QED) is 0.931. The normalized spacial score (nSPS) is 32.0. The summed E-state index contributed by atoms with van der Waals surface area (Å²) in [6.45, 7) is 1.15. The summed E-state index contributed by atoms with van der Waals surface area (Å²) in [5, 5.41) is 3.24. The van der Waals surface area contributed by atoms with Crippen LogP contribution in [-0.4, -0.2) is 31.3 Å².